The van der Waals surface area contributed by atoms with Crippen molar-refractivity contribution in [1.29, 1.82) is 0 Å². The minimum Gasteiger partial charge on any atom is -0.497 e. The zero-order chi connectivity index (χ0) is 14.7. The average Bonchev–Trinajstić information content (AvgIpc) is 2.41. The van der Waals surface area contributed by atoms with Crippen molar-refractivity contribution in [3.8, 4) is 16.9 Å². The largest absolute Gasteiger partial charge is 0.497 e. The van der Waals surface area contributed by atoms with Crippen molar-refractivity contribution in [3.05, 3.63) is 53.6 Å². The van der Waals surface area contributed by atoms with Gasteiger partial charge in [0.25, 0.3) is 0 Å². The van der Waals surface area contributed by atoms with E-state index in [1.165, 1.54) is 37.4 Å². The highest BCUT2D eigenvalue weighted by Gasteiger charge is 2.12. The molecule has 2 aromatic rings. The summed E-state index contributed by atoms with van der Waals surface area (Å²) in [5, 5.41) is 8.73. The van der Waals surface area contributed by atoms with Crippen LogP contribution >= 0.6 is 0 Å². The Bertz CT molecular complexity index is 654. The van der Waals surface area contributed by atoms with Crippen LogP contribution in [-0.2, 0) is 11.2 Å². The molecule has 0 aliphatic heterocycles. The monoisotopic (exact) mass is 278 g/mol. The summed E-state index contributed by atoms with van der Waals surface area (Å²) in [5.41, 5.74) is 0.646. The zero-order valence-corrected chi connectivity index (χ0v) is 10.7. The standard InChI is InChI=1S/C15H12F2O3/c1-20-11-3-5-14(17)12(8-11)9-2-4-13(16)10(6-9)7-15(18)19/h2-6,8H,7H2,1H3,(H,18,19). The number of ether oxygens (including phenoxy) is 1. The number of carboxylic acids is 1. The average molecular weight is 278 g/mol. The van der Waals surface area contributed by atoms with Gasteiger partial charge in [-0.1, -0.05) is 6.07 Å². The van der Waals surface area contributed by atoms with E-state index in [9.17, 15) is 13.6 Å². The number of hydrogen-bond acceptors (Lipinski definition) is 2. The highest BCUT2D eigenvalue weighted by atomic mass is 19.1. The second-order valence-corrected chi connectivity index (χ2v) is 4.22. The lowest BCUT2D eigenvalue weighted by molar-refractivity contribution is -0.136. The first-order valence-corrected chi connectivity index (χ1v) is 5.85. The van der Waals surface area contributed by atoms with E-state index >= 15 is 0 Å². The maximum Gasteiger partial charge on any atom is 0.307 e. The number of methoxy groups -OCH3 is 1. The van der Waals surface area contributed by atoms with E-state index in [4.69, 9.17) is 9.84 Å². The Morgan fingerprint density at radius 2 is 1.85 bits per heavy atom. The number of hydrogen-bond donors (Lipinski definition) is 1. The third-order valence-electron chi connectivity index (χ3n) is 2.87. The van der Waals surface area contributed by atoms with E-state index in [0.29, 0.717) is 11.3 Å². The van der Waals surface area contributed by atoms with Gasteiger partial charge in [0.15, 0.2) is 0 Å². The van der Waals surface area contributed by atoms with Gasteiger partial charge in [-0.05, 0) is 41.5 Å². The minimum absolute atomic E-state index is 0.0113. The van der Waals surface area contributed by atoms with Gasteiger partial charge in [-0.25, -0.2) is 8.78 Å². The molecule has 2 aromatic carbocycles. The molecule has 0 saturated carbocycles. The van der Waals surface area contributed by atoms with Crippen molar-refractivity contribution in [2.45, 2.75) is 6.42 Å². The maximum atomic E-state index is 13.8. The molecule has 0 saturated heterocycles. The second-order valence-electron chi connectivity index (χ2n) is 4.22. The van der Waals surface area contributed by atoms with Crippen molar-refractivity contribution >= 4 is 5.97 Å². The molecule has 1 N–H and O–H groups in total. The Labute approximate surface area is 114 Å². The minimum atomic E-state index is -1.15. The molecule has 0 aromatic heterocycles. The molecule has 0 heterocycles. The van der Waals surface area contributed by atoms with Gasteiger partial charge in [0.05, 0.1) is 13.5 Å². The van der Waals surface area contributed by atoms with Crippen LogP contribution in [0.2, 0.25) is 0 Å². The SMILES string of the molecule is COc1ccc(F)c(-c2ccc(F)c(CC(=O)O)c2)c1. The normalized spacial score (nSPS) is 10.3. The van der Waals surface area contributed by atoms with E-state index in [0.717, 1.165) is 6.07 Å². The van der Waals surface area contributed by atoms with Crippen LogP contribution in [0.5, 0.6) is 5.75 Å². The van der Waals surface area contributed by atoms with E-state index in [1.807, 2.05) is 0 Å². The van der Waals surface area contributed by atoms with Crippen LogP contribution in [0, 0.1) is 11.6 Å². The number of aliphatic carboxylic acids is 1. The Morgan fingerprint density at radius 3 is 2.50 bits per heavy atom. The summed E-state index contributed by atoms with van der Waals surface area (Å²) < 4.78 is 32.3. The lowest BCUT2D eigenvalue weighted by Crippen LogP contribution is -2.02. The van der Waals surface area contributed by atoms with Crippen LogP contribution in [0.1, 0.15) is 5.56 Å². The van der Waals surface area contributed by atoms with Crippen LogP contribution in [0.25, 0.3) is 11.1 Å². The van der Waals surface area contributed by atoms with Gasteiger partial charge in [0.1, 0.15) is 17.4 Å². The second kappa shape index (κ2) is 5.69. The van der Waals surface area contributed by atoms with Crippen LogP contribution in [0.3, 0.4) is 0 Å². The molecule has 0 atom stereocenters. The van der Waals surface area contributed by atoms with Crippen molar-refractivity contribution in [3.63, 3.8) is 0 Å². The van der Waals surface area contributed by atoms with Crippen LogP contribution < -0.4 is 4.74 Å². The predicted molar refractivity (Wildman–Crippen MR) is 69.7 cm³/mol. The Balaban J connectivity index is 2.50. The molecule has 0 spiro atoms. The highest BCUT2D eigenvalue weighted by molar-refractivity contribution is 5.72. The highest BCUT2D eigenvalue weighted by Crippen LogP contribution is 2.28. The summed E-state index contributed by atoms with van der Waals surface area (Å²) in [7, 11) is 1.46. The lowest BCUT2D eigenvalue weighted by Gasteiger charge is -2.08. The molecule has 0 amide bonds. The molecule has 2 rings (SSSR count). The van der Waals surface area contributed by atoms with Crippen molar-refractivity contribution < 1.29 is 23.4 Å². The van der Waals surface area contributed by atoms with Gasteiger partial charge in [-0.15, -0.1) is 0 Å². The summed E-state index contributed by atoms with van der Waals surface area (Å²) >= 11 is 0. The van der Waals surface area contributed by atoms with Crippen molar-refractivity contribution in [1.82, 2.24) is 0 Å². The third kappa shape index (κ3) is 2.93. The van der Waals surface area contributed by atoms with Gasteiger partial charge in [0.2, 0.25) is 0 Å². The summed E-state index contributed by atoms with van der Waals surface area (Å²) in [6.45, 7) is 0. The van der Waals surface area contributed by atoms with E-state index in [1.54, 1.807) is 0 Å². The van der Waals surface area contributed by atoms with Gasteiger partial charge in [-0.3, -0.25) is 4.79 Å². The van der Waals surface area contributed by atoms with E-state index < -0.39 is 24.0 Å². The first-order chi connectivity index (χ1) is 9.51. The molecule has 0 bridgehead atoms. The smallest absolute Gasteiger partial charge is 0.307 e. The lowest BCUT2D eigenvalue weighted by atomic mass is 10.0. The van der Waals surface area contributed by atoms with Crippen molar-refractivity contribution in [2.75, 3.05) is 7.11 Å². The summed E-state index contributed by atoms with van der Waals surface area (Å²) in [6, 6.07) is 8.06. The summed E-state index contributed by atoms with van der Waals surface area (Å²) in [6.07, 6.45) is -0.453. The van der Waals surface area contributed by atoms with Crippen LogP contribution in [0.15, 0.2) is 36.4 Å². The fourth-order valence-corrected chi connectivity index (χ4v) is 1.89. The maximum absolute atomic E-state index is 13.8. The summed E-state index contributed by atoms with van der Waals surface area (Å²) in [4.78, 5) is 10.7. The molecule has 104 valence electrons. The molecule has 5 heteroatoms. The van der Waals surface area contributed by atoms with Crippen molar-refractivity contribution in [2.24, 2.45) is 0 Å². The first-order valence-electron chi connectivity index (χ1n) is 5.85. The van der Waals surface area contributed by atoms with E-state index in [2.05, 4.69) is 0 Å². The number of carbonyl (C=O) groups is 1. The molecule has 3 nitrogen and oxygen atoms in total. The zero-order valence-electron chi connectivity index (χ0n) is 10.7. The molecule has 0 fully saturated rings. The molecular weight excluding hydrogens is 266 g/mol. The fraction of sp³-hybridized carbons (Fsp3) is 0.133. The summed E-state index contributed by atoms with van der Waals surface area (Å²) in [5.74, 6) is -1.80. The number of benzene rings is 2. The molecule has 0 unspecified atom stereocenters. The fourth-order valence-electron chi connectivity index (χ4n) is 1.89. The van der Waals surface area contributed by atoms with Gasteiger partial charge >= 0.3 is 5.97 Å². The predicted octanol–water partition coefficient (Wildman–Crippen LogP) is 3.27. The molecule has 20 heavy (non-hydrogen) atoms. The quantitative estimate of drug-likeness (QED) is 0.933. The van der Waals surface area contributed by atoms with Gasteiger partial charge < -0.3 is 9.84 Å². The van der Waals surface area contributed by atoms with Crippen LogP contribution in [0.4, 0.5) is 8.78 Å². The van der Waals surface area contributed by atoms with Gasteiger partial charge in [0, 0.05) is 5.56 Å². The first kappa shape index (κ1) is 14.0. The van der Waals surface area contributed by atoms with E-state index in [-0.39, 0.29) is 11.1 Å². The van der Waals surface area contributed by atoms with Crippen LogP contribution in [-0.4, -0.2) is 18.2 Å². The number of halogens is 2. The molecular formula is C15H12F2O3. The number of carboxylic acid groups (broad SMARTS) is 1. The number of rotatable bonds is 4. The topological polar surface area (TPSA) is 46.5 Å². The Kier molecular flexibility index (Phi) is 3.98. The third-order valence-corrected chi connectivity index (χ3v) is 2.87. The Morgan fingerprint density at radius 1 is 1.15 bits per heavy atom. The molecule has 0 aliphatic carbocycles. The van der Waals surface area contributed by atoms with Gasteiger partial charge in [-0.2, -0.15) is 0 Å². The molecule has 0 aliphatic rings. The molecule has 0 radical (unpaired) electrons. The Hall–Kier alpha value is -2.43.